The third-order valence-corrected chi connectivity index (χ3v) is 6.01. The monoisotopic (exact) mass is 377 g/mol. The molecule has 0 aromatic heterocycles. The van der Waals surface area contributed by atoms with E-state index in [1.54, 1.807) is 31.4 Å². The van der Waals surface area contributed by atoms with E-state index in [0.29, 0.717) is 23.7 Å². The van der Waals surface area contributed by atoms with E-state index in [1.807, 2.05) is 25.8 Å². The number of benzene rings is 2. The Labute approximate surface area is 156 Å². The zero-order valence-corrected chi connectivity index (χ0v) is 16.9. The van der Waals surface area contributed by atoms with E-state index in [0.717, 1.165) is 22.4 Å². The summed E-state index contributed by atoms with van der Waals surface area (Å²) in [5, 5.41) is 0. The minimum Gasteiger partial charge on any atom is -0.497 e. The van der Waals surface area contributed by atoms with Gasteiger partial charge in [0.2, 0.25) is 0 Å². The zero-order chi connectivity index (χ0) is 19.3. The van der Waals surface area contributed by atoms with Crippen LogP contribution in [0.2, 0.25) is 0 Å². The second kappa shape index (κ2) is 8.56. The smallest absolute Gasteiger partial charge is 0.179 e. The summed E-state index contributed by atoms with van der Waals surface area (Å²) in [6.07, 6.45) is 0. The fraction of sp³-hybridized carbons (Fsp3) is 0.400. The summed E-state index contributed by atoms with van der Waals surface area (Å²) < 4.78 is 35.6. The topological polar surface area (TPSA) is 55.8 Å². The molecule has 0 unspecified atom stereocenters. The summed E-state index contributed by atoms with van der Waals surface area (Å²) in [5.74, 6) is 1.51. The molecule has 2 rings (SSSR count). The van der Waals surface area contributed by atoms with Gasteiger partial charge in [0.05, 0.1) is 24.9 Å². The van der Waals surface area contributed by atoms with E-state index in [9.17, 15) is 8.42 Å². The first-order valence-electron chi connectivity index (χ1n) is 8.46. The molecule has 0 spiro atoms. The first-order valence-corrected chi connectivity index (χ1v) is 10.1. The molecule has 0 saturated carbocycles. The van der Waals surface area contributed by atoms with Crippen LogP contribution in [0.3, 0.4) is 0 Å². The van der Waals surface area contributed by atoms with Crippen molar-refractivity contribution in [1.29, 1.82) is 0 Å². The molecule has 0 aliphatic heterocycles. The first kappa shape index (κ1) is 20.3. The van der Waals surface area contributed by atoms with Crippen LogP contribution in [0.5, 0.6) is 11.5 Å². The Morgan fingerprint density at radius 2 is 1.65 bits per heavy atom. The van der Waals surface area contributed by atoms with Gasteiger partial charge in [-0.2, -0.15) is 0 Å². The van der Waals surface area contributed by atoms with Crippen molar-refractivity contribution in [2.75, 3.05) is 33.6 Å². The van der Waals surface area contributed by atoms with Gasteiger partial charge in [0, 0.05) is 13.1 Å². The summed E-state index contributed by atoms with van der Waals surface area (Å²) in [5.41, 5.74) is 3.31. The summed E-state index contributed by atoms with van der Waals surface area (Å²) >= 11 is 0. The van der Waals surface area contributed by atoms with Crippen LogP contribution in [0.25, 0.3) is 0 Å². The Balaban J connectivity index is 2.03. The summed E-state index contributed by atoms with van der Waals surface area (Å²) in [4.78, 5) is 2.31. The van der Waals surface area contributed by atoms with Crippen molar-refractivity contribution < 1.29 is 17.9 Å². The molecule has 26 heavy (non-hydrogen) atoms. The molecule has 0 N–H and O–H groups in total. The second-order valence-corrected chi connectivity index (χ2v) is 8.61. The molecule has 0 heterocycles. The van der Waals surface area contributed by atoms with Gasteiger partial charge in [0.25, 0.3) is 0 Å². The molecule has 0 saturated heterocycles. The Hall–Kier alpha value is -2.05. The maximum Gasteiger partial charge on any atom is 0.179 e. The molecule has 0 atom stereocenters. The number of hydrogen-bond acceptors (Lipinski definition) is 5. The van der Waals surface area contributed by atoms with Crippen molar-refractivity contribution in [3.63, 3.8) is 0 Å². The molecular formula is C20H27NO4S. The highest BCUT2D eigenvalue weighted by Gasteiger charge is 2.16. The Morgan fingerprint density at radius 1 is 1.00 bits per heavy atom. The molecule has 142 valence electrons. The lowest BCUT2D eigenvalue weighted by atomic mass is 10.1. The van der Waals surface area contributed by atoms with Crippen LogP contribution >= 0.6 is 0 Å². The fourth-order valence-corrected chi connectivity index (χ4v) is 4.40. The number of sulfone groups is 1. The molecule has 0 bridgehead atoms. The highest BCUT2D eigenvalue weighted by atomic mass is 32.2. The van der Waals surface area contributed by atoms with E-state index in [-0.39, 0.29) is 5.75 Å². The number of ether oxygens (including phenoxy) is 2. The normalized spacial score (nSPS) is 11.6. The van der Waals surface area contributed by atoms with Gasteiger partial charge in [-0.05, 0) is 55.8 Å². The van der Waals surface area contributed by atoms with Crippen LogP contribution in [0.1, 0.15) is 16.7 Å². The fourth-order valence-electron chi connectivity index (χ4n) is 3.03. The molecule has 0 amide bonds. The molecular weight excluding hydrogens is 350 g/mol. The highest BCUT2D eigenvalue weighted by Crippen LogP contribution is 2.25. The van der Waals surface area contributed by atoms with Crippen molar-refractivity contribution in [1.82, 2.24) is 4.90 Å². The Morgan fingerprint density at radius 3 is 2.23 bits per heavy atom. The third kappa shape index (κ3) is 4.99. The van der Waals surface area contributed by atoms with Crippen molar-refractivity contribution in [3.8, 4) is 11.5 Å². The lowest BCUT2D eigenvalue weighted by molar-refractivity contribution is 0.345. The van der Waals surface area contributed by atoms with E-state index in [2.05, 4.69) is 12.1 Å². The maximum absolute atomic E-state index is 12.6. The van der Waals surface area contributed by atoms with Gasteiger partial charge >= 0.3 is 0 Å². The van der Waals surface area contributed by atoms with Crippen molar-refractivity contribution in [3.05, 3.63) is 53.1 Å². The van der Waals surface area contributed by atoms with Gasteiger partial charge in [-0.15, -0.1) is 0 Å². The predicted molar refractivity (Wildman–Crippen MR) is 104 cm³/mol. The molecule has 0 aliphatic carbocycles. The number of methoxy groups -OCH3 is 2. The number of rotatable bonds is 8. The zero-order valence-electron chi connectivity index (χ0n) is 16.1. The summed E-state index contributed by atoms with van der Waals surface area (Å²) in [6, 6.07) is 10.8. The molecule has 0 fully saturated rings. The molecule has 2 aromatic carbocycles. The van der Waals surface area contributed by atoms with Gasteiger partial charge in [0.15, 0.2) is 9.84 Å². The van der Waals surface area contributed by atoms with Crippen molar-refractivity contribution >= 4 is 9.84 Å². The Bertz CT molecular complexity index is 839. The van der Waals surface area contributed by atoms with Gasteiger partial charge in [0.1, 0.15) is 11.5 Å². The second-order valence-electron chi connectivity index (χ2n) is 6.50. The van der Waals surface area contributed by atoms with E-state index < -0.39 is 9.84 Å². The molecule has 2 aromatic rings. The van der Waals surface area contributed by atoms with Gasteiger partial charge in [-0.3, -0.25) is 0 Å². The summed E-state index contributed by atoms with van der Waals surface area (Å²) in [7, 11) is 1.78. The molecule has 5 nitrogen and oxygen atoms in total. The lowest BCUT2D eigenvalue weighted by Crippen LogP contribution is -2.25. The SMILES string of the molecule is COc1cccc(S(=O)(=O)CCN(C)Cc2cc(C)c(OC)c(C)c2)c1. The Kier molecular flexibility index (Phi) is 6.67. The minimum atomic E-state index is -3.35. The van der Waals surface area contributed by atoms with Crippen LogP contribution in [0.4, 0.5) is 0 Å². The standard InChI is InChI=1S/C20H27NO4S/c1-15-11-17(12-16(2)20(15)25-5)14-21(3)9-10-26(22,23)19-8-6-7-18(13-19)24-4/h6-8,11-13H,9-10,14H2,1-5H3. The van der Waals surface area contributed by atoms with Gasteiger partial charge in [-0.25, -0.2) is 8.42 Å². The van der Waals surface area contributed by atoms with Crippen molar-refractivity contribution in [2.24, 2.45) is 0 Å². The lowest BCUT2D eigenvalue weighted by Gasteiger charge is -2.18. The summed E-state index contributed by atoms with van der Waals surface area (Å²) in [6.45, 7) is 5.16. The van der Waals surface area contributed by atoms with Gasteiger partial charge < -0.3 is 14.4 Å². The maximum atomic E-state index is 12.6. The van der Waals surface area contributed by atoms with Crippen molar-refractivity contribution in [2.45, 2.75) is 25.3 Å². The average molecular weight is 378 g/mol. The highest BCUT2D eigenvalue weighted by molar-refractivity contribution is 7.91. The molecule has 0 aliphatic rings. The third-order valence-electron chi connectivity index (χ3n) is 4.32. The first-order chi connectivity index (χ1) is 12.3. The van der Waals surface area contributed by atoms with E-state index in [1.165, 1.54) is 7.11 Å². The van der Waals surface area contributed by atoms with Crippen LogP contribution in [0, 0.1) is 13.8 Å². The number of nitrogens with zero attached hydrogens (tertiary/aromatic N) is 1. The number of aryl methyl sites for hydroxylation is 2. The number of hydrogen-bond donors (Lipinski definition) is 0. The van der Waals surface area contributed by atoms with E-state index >= 15 is 0 Å². The van der Waals surface area contributed by atoms with Crippen LogP contribution in [-0.4, -0.2) is 46.9 Å². The van der Waals surface area contributed by atoms with Crippen LogP contribution < -0.4 is 9.47 Å². The minimum absolute atomic E-state index is 0.0603. The average Bonchev–Trinajstić information content (AvgIpc) is 2.60. The molecule has 6 heteroatoms. The predicted octanol–water partition coefficient (Wildman–Crippen LogP) is 3.23. The van der Waals surface area contributed by atoms with Gasteiger partial charge in [-0.1, -0.05) is 18.2 Å². The van der Waals surface area contributed by atoms with Crippen LogP contribution in [0.15, 0.2) is 41.3 Å². The largest absolute Gasteiger partial charge is 0.497 e. The quantitative estimate of drug-likeness (QED) is 0.707. The van der Waals surface area contributed by atoms with Crippen LogP contribution in [-0.2, 0) is 16.4 Å². The molecule has 0 radical (unpaired) electrons. The van der Waals surface area contributed by atoms with E-state index in [4.69, 9.17) is 9.47 Å².